The smallest absolute Gasteiger partial charge is 0.339 e. The summed E-state index contributed by atoms with van der Waals surface area (Å²) in [6.45, 7) is 2.05. The lowest BCUT2D eigenvalue weighted by Gasteiger charge is -2.22. The molecule has 0 radical (unpaired) electrons. The fraction of sp³-hybridized carbons (Fsp3) is 0.231. The summed E-state index contributed by atoms with van der Waals surface area (Å²) in [4.78, 5) is 15.5. The molecule has 0 bridgehead atoms. The Hall–Kier alpha value is -2.10. The van der Waals surface area contributed by atoms with Crippen LogP contribution in [0.4, 0.5) is 11.5 Å². The fourth-order valence-corrected chi connectivity index (χ4v) is 2.21. The predicted molar refractivity (Wildman–Crippen MR) is 66.7 cm³/mol. The Balaban J connectivity index is 2.17. The summed E-state index contributed by atoms with van der Waals surface area (Å²) in [6.07, 6.45) is 2.67. The highest BCUT2D eigenvalue weighted by atomic mass is 16.1. The first-order chi connectivity index (χ1) is 8.15. The molecule has 0 saturated carbocycles. The van der Waals surface area contributed by atoms with Crippen LogP contribution in [0.3, 0.4) is 0 Å². The topological polar surface area (TPSA) is 46.9 Å². The zero-order valence-corrected chi connectivity index (χ0v) is 9.82. The third-order valence-corrected chi connectivity index (χ3v) is 3.15. The van der Waals surface area contributed by atoms with Crippen molar-refractivity contribution in [1.29, 1.82) is 0 Å². The van der Waals surface area contributed by atoms with Crippen LogP contribution in [0.25, 0.3) is 0 Å². The zero-order valence-electron chi connectivity index (χ0n) is 9.82. The van der Waals surface area contributed by atoms with Gasteiger partial charge in [-0.3, -0.25) is 0 Å². The Morgan fingerprint density at radius 3 is 3.00 bits per heavy atom. The summed E-state index contributed by atoms with van der Waals surface area (Å²) in [5, 5.41) is 3.25. The molecule has 17 heavy (non-hydrogen) atoms. The fourth-order valence-electron chi connectivity index (χ4n) is 2.21. The molecule has 4 heteroatoms. The van der Waals surface area contributed by atoms with E-state index >= 15 is 0 Å². The Bertz CT molecular complexity index is 658. The molecule has 1 aliphatic rings. The first-order valence-corrected chi connectivity index (χ1v) is 5.57. The van der Waals surface area contributed by atoms with Crippen molar-refractivity contribution in [3.8, 4) is 0 Å². The van der Waals surface area contributed by atoms with Gasteiger partial charge in [0.15, 0.2) is 0 Å². The van der Waals surface area contributed by atoms with Gasteiger partial charge < -0.3 is 9.88 Å². The highest BCUT2D eigenvalue weighted by Gasteiger charge is 2.18. The van der Waals surface area contributed by atoms with Crippen molar-refractivity contribution in [2.24, 2.45) is 7.05 Å². The number of hydrogen-bond donors (Lipinski definition) is 1. The van der Waals surface area contributed by atoms with Crippen LogP contribution in [0.2, 0.25) is 0 Å². The number of aromatic nitrogens is 2. The lowest BCUT2D eigenvalue weighted by Crippen LogP contribution is -2.24. The van der Waals surface area contributed by atoms with E-state index in [1.165, 1.54) is 15.7 Å². The van der Waals surface area contributed by atoms with Gasteiger partial charge in [0.25, 0.3) is 0 Å². The Morgan fingerprint density at radius 1 is 1.35 bits per heavy atom. The van der Waals surface area contributed by atoms with E-state index in [9.17, 15) is 4.79 Å². The lowest BCUT2D eigenvalue weighted by atomic mass is 9.98. The minimum absolute atomic E-state index is 0.228. The maximum atomic E-state index is 11.5. The van der Waals surface area contributed by atoms with Gasteiger partial charge in [-0.05, 0) is 18.1 Å². The normalized spacial score (nSPS) is 12.6. The predicted octanol–water partition coefficient (Wildman–Crippen LogP) is 1.74. The van der Waals surface area contributed by atoms with E-state index in [-0.39, 0.29) is 5.69 Å². The minimum atomic E-state index is -0.228. The number of nitrogens with zero attached hydrogens (tertiary/aromatic N) is 2. The molecule has 1 N–H and O–H groups in total. The van der Waals surface area contributed by atoms with Gasteiger partial charge in [-0.25, -0.2) is 4.79 Å². The molecular weight excluding hydrogens is 214 g/mol. The van der Waals surface area contributed by atoms with E-state index in [4.69, 9.17) is 0 Å². The molecule has 4 nitrogen and oxygen atoms in total. The summed E-state index contributed by atoms with van der Waals surface area (Å²) in [5.41, 5.74) is 4.34. The maximum Gasteiger partial charge on any atom is 0.349 e. The maximum absolute atomic E-state index is 11.5. The van der Waals surface area contributed by atoms with Crippen molar-refractivity contribution >= 4 is 11.5 Å². The molecule has 0 aliphatic carbocycles. The van der Waals surface area contributed by atoms with Crippen molar-refractivity contribution in [3.05, 3.63) is 51.6 Å². The highest BCUT2D eigenvalue weighted by Crippen LogP contribution is 2.32. The lowest BCUT2D eigenvalue weighted by molar-refractivity contribution is 0.795. The molecule has 0 atom stereocenters. The molecule has 3 rings (SSSR count). The van der Waals surface area contributed by atoms with Gasteiger partial charge in [0.05, 0.1) is 0 Å². The van der Waals surface area contributed by atoms with Crippen LogP contribution >= 0.6 is 0 Å². The van der Waals surface area contributed by atoms with Gasteiger partial charge in [0, 0.05) is 30.9 Å². The number of fused-ring (bicyclic) bond motifs is 2. The molecule has 1 aliphatic heterocycles. The van der Waals surface area contributed by atoms with Crippen LogP contribution in [0, 0.1) is 6.92 Å². The van der Waals surface area contributed by atoms with Gasteiger partial charge in [-0.2, -0.15) is 4.98 Å². The van der Waals surface area contributed by atoms with E-state index in [0.29, 0.717) is 5.82 Å². The molecule has 1 aromatic heterocycles. The van der Waals surface area contributed by atoms with Crippen LogP contribution in [0.15, 0.2) is 29.2 Å². The van der Waals surface area contributed by atoms with Gasteiger partial charge in [-0.1, -0.05) is 18.2 Å². The number of benzene rings is 1. The van der Waals surface area contributed by atoms with Crippen LogP contribution in [-0.4, -0.2) is 9.55 Å². The van der Waals surface area contributed by atoms with Crippen LogP contribution in [0.5, 0.6) is 0 Å². The molecule has 0 spiro atoms. The Kier molecular flexibility index (Phi) is 2.04. The highest BCUT2D eigenvalue weighted by molar-refractivity contribution is 5.71. The van der Waals surface area contributed by atoms with E-state index in [1.54, 1.807) is 7.05 Å². The van der Waals surface area contributed by atoms with Crippen molar-refractivity contribution in [2.75, 3.05) is 5.32 Å². The summed E-state index contributed by atoms with van der Waals surface area (Å²) in [7, 11) is 1.72. The quantitative estimate of drug-likeness (QED) is 0.636. The molecule has 0 amide bonds. The van der Waals surface area contributed by atoms with Gasteiger partial charge in [0.2, 0.25) is 0 Å². The minimum Gasteiger partial charge on any atom is -0.339 e. The van der Waals surface area contributed by atoms with Crippen LogP contribution in [-0.2, 0) is 13.5 Å². The Labute approximate surface area is 98.9 Å². The third-order valence-electron chi connectivity index (χ3n) is 3.15. The summed E-state index contributed by atoms with van der Waals surface area (Å²) >= 11 is 0. The van der Waals surface area contributed by atoms with E-state index in [2.05, 4.69) is 35.4 Å². The van der Waals surface area contributed by atoms with Crippen molar-refractivity contribution < 1.29 is 0 Å². The SMILES string of the molecule is Cc1cccc2c1Nc1nc(=O)n(C)cc1C2. The van der Waals surface area contributed by atoms with E-state index < -0.39 is 0 Å². The molecule has 0 unspecified atom stereocenters. The average molecular weight is 227 g/mol. The number of hydrogen-bond acceptors (Lipinski definition) is 3. The summed E-state index contributed by atoms with van der Waals surface area (Å²) in [6, 6.07) is 6.21. The summed E-state index contributed by atoms with van der Waals surface area (Å²) < 4.78 is 1.52. The monoisotopic (exact) mass is 227 g/mol. The standard InChI is InChI=1S/C13H13N3O/c1-8-4-3-5-9-6-10-7-16(2)13(17)15-12(10)14-11(8)9/h3-5,7H,6H2,1-2H3,(H,14,15,17). The Morgan fingerprint density at radius 2 is 2.18 bits per heavy atom. The summed E-state index contributed by atoms with van der Waals surface area (Å²) in [5.74, 6) is 0.690. The van der Waals surface area contributed by atoms with Crippen LogP contribution in [0.1, 0.15) is 16.7 Å². The number of anilines is 2. The van der Waals surface area contributed by atoms with Crippen molar-refractivity contribution in [2.45, 2.75) is 13.3 Å². The van der Waals surface area contributed by atoms with E-state index in [1.807, 2.05) is 6.20 Å². The van der Waals surface area contributed by atoms with Gasteiger partial charge in [0.1, 0.15) is 5.82 Å². The largest absolute Gasteiger partial charge is 0.349 e. The van der Waals surface area contributed by atoms with Crippen molar-refractivity contribution in [1.82, 2.24) is 9.55 Å². The number of nitrogens with one attached hydrogen (secondary N) is 1. The second kappa shape index (κ2) is 3.45. The number of para-hydroxylation sites is 1. The third kappa shape index (κ3) is 1.53. The zero-order chi connectivity index (χ0) is 12.0. The molecular formula is C13H13N3O. The van der Waals surface area contributed by atoms with Crippen LogP contribution < -0.4 is 11.0 Å². The molecule has 1 aromatic carbocycles. The first-order valence-electron chi connectivity index (χ1n) is 5.57. The molecule has 0 saturated heterocycles. The average Bonchev–Trinajstić information content (AvgIpc) is 2.29. The second-order valence-corrected chi connectivity index (χ2v) is 4.42. The van der Waals surface area contributed by atoms with E-state index in [0.717, 1.165) is 17.7 Å². The van der Waals surface area contributed by atoms with Crippen molar-refractivity contribution in [3.63, 3.8) is 0 Å². The molecule has 0 fully saturated rings. The van der Waals surface area contributed by atoms with Gasteiger partial charge >= 0.3 is 5.69 Å². The van der Waals surface area contributed by atoms with Gasteiger partial charge in [-0.15, -0.1) is 0 Å². The molecule has 2 heterocycles. The molecule has 86 valence electrons. The number of rotatable bonds is 0. The second-order valence-electron chi connectivity index (χ2n) is 4.42. The molecule has 2 aromatic rings. The number of aryl methyl sites for hydroxylation is 2. The first kappa shape index (κ1) is 10.1.